The molecule has 0 spiro atoms. The summed E-state index contributed by atoms with van der Waals surface area (Å²) in [6, 6.07) is 1.61. The number of amides is 1. The first kappa shape index (κ1) is 14.8. The number of carbonyl (C=O) groups excluding carboxylic acids is 1. The van der Waals surface area contributed by atoms with E-state index in [9.17, 15) is 9.90 Å². The van der Waals surface area contributed by atoms with Gasteiger partial charge in [-0.3, -0.25) is 9.48 Å². The minimum Gasteiger partial charge on any atom is -0.466 e. The van der Waals surface area contributed by atoms with Crippen molar-refractivity contribution in [1.29, 1.82) is 0 Å². The van der Waals surface area contributed by atoms with E-state index in [2.05, 4.69) is 10.4 Å². The maximum atomic E-state index is 12.5. The fraction of sp³-hybridized carbons (Fsp3) is 0.500. The molecule has 0 unspecified atom stereocenters. The first-order valence-electron chi connectivity index (χ1n) is 7.48. The standard InChI is InChI=1S/C16H21N3O3/c1-9-4-14(10(2)22-9)16(21)18-15(11-5-13(20)6-11)12-7-17-19(3)8-12/h4,7-8,11,13,15,20H,5-6H2,1-3H3,(H,18,21)/t11?,13?,15-/m1/s1. The van der Waals surface area contributed by atoms with E-state index in [1.54, 1.807) is 23.9 Å². The van der Waals surface area contributed by atoms with Gasteiger partial charge in [0.15, 0.2) is 0 Å². The molecule has 3 rings (SSSR count). The largest absolute Gasteiger partial charge is 0.466 e. The monoisotopic (exact) mass is 303 g/mol. The second-order valence-corrected chi connectivity index (χ2v) is 6.11. The Bertz CT molecular complexity index is 683. The van der Waals surface area contributed by atoms with Crippen LogP contribution in [0.25, 0.3) is 0 Å². The second kappa shape index (κ2) is 5.61. The zero-order chi connectivity index (χ0) is 15.9. The number of nitrogens with one attached hydrogen (secondary N) is 1. The highest BCUT2D eigenvalue weighted by Crippen LogP contribution is 2.38. The Hall–Kier alpha value is -2.08. The number of aryl methyl sites for hydroxylation is 3. The van der Waals surface area contributed by atoms with Crippen LogP contribution < -0.4 is 5.32 Å². The lowest BCUT2D eigenvalue weighted by molar-refractivity contribution is 0.0235. The van der Waals surface area contributed by atoms with Crippen molar-refractivity contribution in [1.82, 2.24) is 15.1 Å². The Morgan fingerprint density at radius 2 is 2.23 bits per heavy atom. The molecule has 1 saturated carbocycles. The van der Waals surface area contributed by atoms with Gasteiger partial charge >= 0.3 is 0 Å². The SMILES string of the molecule is Cc1cc(C(=O)N[C@@H](c2cnn(C)c2)C2CC(O)C2)c(C)o1. The number of hydrogen-bond acceptors (Lipinski definition) is 4. The molecule has 1 fully saturated rings. The molecule has 6 nitrogen and oxygen atoms in total. The molecule has 6 heteroatoms. The van der Waals surface area contributed by atoms with Crippen molar-refractivity contribution >= 4 is 5.91 Å². The maximum Gasteiger partial charge on any atom is 0.255 e. The number of aliphatic hydroxyl groups excluding tert-OH is 1. The number of hydrogen-bond donors (Lipinski definition) is 2. The van der Waals surface area contributed by atoms with Gasteiger partial charge in [-0.25, -0.2) is 0 Å². The molecule has 22 heavy (non-hydrogen) atoms. The van der Waals surface area contributed by atoms with E-state index in [0.29, 0.717) is 24.2 Å². The van der Waals surface area contributed by atoms with Crippen LogP contribution in [0.5, 0.6) is 0 Å². The first-order chi connectivity index (χ1) is 10.4. The van der Waals surface area contributed by atoms with Crippen LogP contribution in [0.4, 0.5) is 0 Å². The van der Waals surface area contributed by atoms with Crippen molar-refractivity contribution in [2.24, 2.45) is 13.0 Å². The molecule has 1 amide bonds. The fourth-order valence-corrected chi connectivity index (χ4v) is 3.05. The molecule has 0 aromatic carbocycles. The number of furan rings is 1. The van der Waals surface area contributed by atoms with Crippen LogP contribution in [0.2, 0.25) is 0 Å². The third kappa shape index (κ3) is 2.78. The van der Waals surface area contributed by atoms with Gasteiger partial charge in [0.25, 0.3) is 5.91 Å². The van der Waals surface area contributed by atoms with Gasteiger partial charge in [-0.2, -0.15) is 5.10 Å². The van der Waals surface area contributed by atoms with Crippen LogP contribution in [0.1, 0.15) is 46.3 Å². The van der Waals surface area contributed by atoms with Crippen LogP contribution >= 0.6 is 0 Å². The van der Waals surface area contributed by atoms with E-state index in [1.165, 1.54) is 0 Å². The first-order valence-corrected chi connectivity index (χ1v) is 7.48. The summed E-state index contributed by atoms with van der Waals surface area (Å²) in [5, 5.41) is 16.8. The summed E-state index contributed by atoms with van der Waals surface area (Å²) in [6.45, 7) is 3.61. The lowest BCUT2D eigenvalue weighted by Gasteiger charge is -2.37. The zero-order valence-corrected chi connectivity index (χ0v) is 13.0. The summed E-state index contributed by atoms with van der Waals surface area (Å²) in [5.41, 5.74) is 1.52. The Labute approximate surface area is 129 Å². The number of aliphatic hydroxyl groups is 1. The van der Waals surface area contributed by atoms with Gasteiger partial charge in [-0.15, -0.1) is 0 Å². The van der Waals surface area contributed by atoms with Gasteiger partial charge in [0.1, 0.15) is 11.5 Å². The summed E-state index contributed by atoms with van der Waals surface area (Å²) < 4.78 is 7.15. The summed E-state index contributed by atoms with van der Waals surface area (Å²) in [4.78, 5) is 12.5. The third-order valence-electron chi connectivity index (χ3n) is 4.28. The highest BCUT2D eigenvalue weighted by atomic mass is 16.3. The minimum atomic E-state index is -0.265. The van der Waals surface area contributed by atoms with Crippen LogP contribution in [0.15, 0.2) is 22.9 Å². The Morgan fingerprint density at radius 3 is 2.73 bits per heavy atom. The van der Waals surface area contributed by atoms with Crippen LogP contribution in [-0.4, -0.2) is 26.9 Å². The molecule has 1 atom stereocenters. The topological polar surface area (TPSA) is 80.3 Å². The van der Waals surface area contributed by atoms with Gasteiger partial charge in [0, 0.05) is 18.8 Å². The maximum absolute atomic E-state index is 12.5. The number of aromatic nitrogens is 2. The van der Waals surface area contributed by atoms with E-state index < -0.39 is 0 Å². The molecule has 0 saturated heterocycles. The van der Waals surface area contributed by atoms with Gasteiger partial charge in [-0.05, 0) is 38.7 Å². The smallest absolute Gasteiger partial charge is 0.255 e. The van der Waals surface area contributed by atoms with Crippen molar-refractivity contribution in [3.63, 3.8) is 0 Å². The van der Waals surface area contributed by atoms with Crippen molar-refractivity contribution in [3.05, 3.63) is 41.1 Å². The molecule has 0 radical (unpaired) electrons. The van der Waals surface area contributed by atoms with E-state index in [4.69, 9.17) is 4.42 Å². The number of carbonyl (C=O) groups is 1. The van der Waals surface area contributed by atoms with E-state index in [0.717, 1.165) is 11.3 Å². The lowest BCUT2D eigenvalue weighted by Crippen LogP contribution is -2.41. The molecule has 2 aromatic rings. The predicted molar refractivity (Wildman–Crippen MR) is 80.3 cm³/mol. The van der Waals surface area contributed by atoms with Crippen LogP contribution in [0.3, 0.4) is 0 Å². The molecular formula is C16H21N3O3. The molecule has 2 aromatic heterocycles. The minimum absolute atomic E-state index is 0.140. The second-order valence-electron chi connectivity index (χ2n) is 6.11. The van der Waals surface area contributed by atoms with Crippen LogP contribution in [-0.2, 0) is 7.05 Å². The van der Waals surface area contributed by atoms with Crippen molar-refractivity contribution < 1.29 is 14.3 Å². The number of nitrogens with zero attached hydrogens (tertiary/aromatic N) is 2. The van der Waals surface area contributed by atoms with Gasteiger partial charge in [-0.1, -0.05) is 0 Å². The summed E-state index contributed by atoms with van der Waals surface area (Å²) in [5.74, 6) is 1.43. The van der Waals surface area contributed by atoms with Crippen molar-refractivity contribution in [2.45, 2.75) is 38.8 Å². The quantitative estimate of drug-likeness (QED) is 0.903. The zero-order valence-electron chi connectivity index (χ0n) is 13.0. The van der Waals surface area contributed by atoms with Gasteiger partial charge < -0.3 is 14.8 Å². The summed E-state index contributed by atoms with van der Waals surface area (Å²) in [7, 11) is 1.85. The highest BCUT2D eigenvalue weighted by Gasteiger charge is 2.36. The Balaban J connectivity index is 1.81. The van der Waals surface area contributed by atoms with Crippen molar-refractivity contribution in [2.75, 3.05) is 0 Å². The highest BCUT2D eigenvalue weighted by molar-refractivity contribution is 5.95. The predicted octanol–water partition coefficient (Wildman–Crippen LogP) is 1.87. The molecule has 118 valence electrons. The summed E-state index contributed by atoms with van der Waals surface area (Å²) >= 11 is 0. The number of rotatable bonds is 4. The molecule has 1 aliphatic carbocycles. The van der Waals surface area contributed by atoms with Crippen LogP contribution in [0, 0.1) is 19.8 Å². The average Bonchev–Trinajstić information content (AvgIpc) is 2.98. The molecule has 0 bridgehead atoms. The fourth-order valence-electron chi connectivity index (χ4n) is 3.05. The van der Waals surface area contributed by atoms with Gasteiger partial charge in [0.05, 0.1) is 23.9 Å². The van der Waals surface area contributed by atoms with E-state index >= 15 is 0 Å². The van der Waals surface area contributed by atoms with E-state index in [1.807, 2.05) is 20.2 Å². The average molecular weight is 303 g/mol. The molecule has 0 aliphatic heterocycles. The Kier molecular flexibility index (Phi) is 3.78. The van der Waals surface area contributed by atoms with Gasteiger partial charge in [0.2, 0.25) is 0 Å². The molecular weight excluding hydrogens is 282 g/mol. The molecule has 1 aliphatic rings. The Morgan fingerprint density at radius 1 is 1.50 bits per heavy atom. The van der Waals surface area contributed by atoms with Crippen molar-refractivity contribution in [3.8, 4) is 0 Å². The lowest BCUT2D eigenvalue weighted by atomic mass is 9.75. The molecule has 2 N–H and O–H groups in total. The normalized spacial score (nSPS) is 22.2. The third-order valence-corrected chi connectivity index (χ3v) is 4.28. The summed E-state index contributed by atoms with van der Waals surface area (Å²) in [6.07, 6.45) is 4.80. The van der Waals surface area contributed by atoms with E-state index in [-0.39, 0.29) is 24.0 Å². The molecule has 2 heterocycles.